The highest BCUT2D eigenvalue weighted by molar-refractivity contribution is 5.76. The quantitative estimate of drug-likeness (QED) is 0.433. The van der Waals surface area contributed by atoms with Crippen LogP contribution in [0.5, 0.6) is 11.5 Å². The van der Waals surface area contributed by atoms with E-state index in [-0.39, 0.29) is 5.91 Å². The number of hydrogen-bond donors (Lipinski definition) is 0. The molecule has 0 atom stereocenters. The molecule has 0 unspecified atom stereocenters. The summed E-state index contributed by atoms with van der Waals surface area (Å²) in [7, 11) is 1.93. The van der Waals surface area contributed by atoms with E-state index in [0.717, 1.165) is 80.2 Å². The van der Waals surface area contributed by atoms with Crippen molar-refractivity contribution in [2.45, 2.75) is 59.0 Å². The van der Waals surface area contributed by atoms with E-state index in [0.29, 0.717) is 26.2 Å². The molecule has 1 aliphatic heterocycles. The van der Waals surface area contributed by atoms with E-state index in [9.17, 15) is 4.79 Å². The highest BCUT2D eigenvalue weighted by atomic mass is 16.5. The third kappa shape index (κ3) is 7.84. The molecular formula is C31H42N4O3. The van der Waals surface area contributed by atoms with Crippen LogP contribution in [-0.4, -0.2) is 58.3 Å². The summed E-state index contributed by atoms with van der Waals surface area (Å²) in [6.45, 7) is 9.05. The topological polar surface area (TPSA) is 59.8 Å². The third-order valence-electron chi connectivity index (χ3n) is 7.08. The van der Waals surface area contributed by atoms with Crippen LogP contribution in [0, 0.1) is 6.92 Å². The van der Waals surface area contributed by atoms with Crippen molar-refractivity contribution in [1.82, 2.24) is 19.6 Å². The van der Waals surface area contributed by atoms with Crippen LogP contribution in [-0.2, 0) is 31.4 Å². The lowest BCUT2D eigenvalue weighted by atomic mass is 10.1. The number of benzene rings is 2. The molecule has 2 aromatic carbocycles. The fourth-order valence-electron chi connectivity index (χ4n) is 5.09. The molecule has 38 heavy (non-hydrogen) atoms. The molecule has 1 aliphatic rings. The Hall–Kier alpha value is -3.32. The monoisotopic (exact) mass is 518 g/mol. The minimum absolute atomic E-state index is 0.220. The number of fused-ring (bicyclic) bond motifs is 1. The van der Waals surface area contributed by atoms with Crippen molar-refractivity contribution in [3.63, 3.8) is 0 Å². The minimum atomic E-state index is 0.220. The smallest absolute Gasteiger partial charge is 0.222 e. The summed E-state index contributed by atoms with van der Waals surface area (Å²) in [6.07, 6.45) is 6.20. The van der Waals surface area contributed by atoms with Crippen molar-refractivity contribution >= 4 is 5.91 Å². The second-order valence-corrected chi connectivity index (χ2v) is 10.1. The minimum Gasteiger partial charge on any atom is -0.490 e. The number of nitrogens with zero attached hydrogens (tertiary/aromatic N) is 4. The van der Waals surface area contributed by atoms with E-state index in [1.165, 1.54) is 5.56 Å². The predicted octanol–water partition coefficient (Wildman–Crippen LogP) is 5.15. The van der Waals surface area contributed by atoms with Gasteiger partial charge in [0.2, 0.25) is 5.91 Å². The Morgan fingerprint density at radius 3 is 2.63 bits per heavy atom. The lowest BCUT2D eigenvalue weighted by Gasteiger charge is -2.28. The Balaban J connectivity index is 1.52. The van der Waals surface area contributed by atoms with Crippen molar-refractivity contribution in [3.05, 3.63) is 77.1 Å². The SMILES string of the molecule is CCOc1cccc2c1OCCCCCN(C(=O)CCc1cn(C)nc1C)CCN(Cc1ccccc1)C2. The standard InChI is InChI=1S/C31H42N4O3/c1-4-37-29-15-11-14-28-24-34(22-26-12-7-5-8-13-26)19-20-35(18-9-6-10-21-38-31(28)29)30(36)17-16-27-23-33(3)32-25(27)2/h5,7-8,11-15,23H,4,6,9-10,16-22,24H2,1-3H3. The Bertz CT molecular complexity index is 1160. The van der Waals surface area contributed by atoms with Crippen molar-refractivity contribution in [3.8, 4) is 11.5 Å². The van der Waals surface area contributed by atoms with Crippen LogP contribution in [0.2, 0.25) is 0 Å². The largest absolute Gasteiger partial charge is 0.490 e. The van der Waals surface area contributed by atoms with Crippen molar-refractivity contribution in [1.29, 1.82) is 0 Å². The number of ether oxygens (including phenoxy) is 2. The fourth-order valence-corrected chi connectivity index (χ4v) is 5.09. The summed E-state index contributed by atoms with van der Waals surface area (Å²) in [5.74, 6) is 1.88. The molecule has 1 amide bonds. The van der Waals surface area contributed by atoms with E-state index in [2.05, 4.69) is 45.2 Å². The van der Waals surface area contributed by atoms with Crippen molar-refractivity contribution in [2.75, 3.05) is 32.8 Å². The summed E-state index contributed by atoms with van der Waals surface area (Å²) in [5.41, 5.74) is 4.53. The molecular weight excluding hydrogens is 476 g/mol. The average Bonchev–Trinajstić information content (AvgIpc) is 3.24. The van der Waals surface area contributed by atoms with Gasteiger partial charge in [-0.1, -0.05) is 42.5 Å². The zero-order valence-electron chi connectivity index (χ0n) is 23.2. The van der Waals surface area contributed by atoms with Crippen LogP contribution in [0.3, 0.4) is 0 Å². The van der Waals surface area contributed by atoms with Crippen LogP contribution in [0.1, 0.15) is 55.0 Å². The first-order valence-corrected chi connectivity index (χ1v) is 13.9. The van der Waals surface area contributed by atoms with Gasteiger partial charge in [0.05, 0.1) is 18.9 Å². The molecule has 0 N–H and O–H groups in total. The lowest BCUT2D eigenvalue weighted by molar-refractivity contribution is -0.131. The Morgan fingerprint density at radius 1 is 1.03 bits per heavy atom. The van der Waals surface area contributed by atoms with E-state index in [1.807, 2.05) is 50.0 Å². The van der Waals surface area contributed by atoms with Gasteiger partial charge in [0.25, 0.3) is 0 Å². The van der Waals surface area contributed by atoms with E-state index in [1.54, 1.807) is 0 Å². The van der Waals surface area contributed by atoms with Crippen LogP contribution >= 0.6 is 0 Å². The maximum atomic E-state index is 13.4. The molecule has 0 fully saturated rings. The highest BCUT2D eigenvalue weighted by Crippen LogP contribution is 2.33. The normalized spacial score (nSPS) is 15.5. The van der Waals surface area contributed by atoms with Gasteiger partial charge in [-0.15, -0.1) is 0 Å². The van der Waals surface area contributed by atoms with Gasteiger partial charge in [-0.25, -0.2) is 0 Å². The molecule has 7 nitrogen and oxygen atoms in total. The van der Waals surface area contributed by atoms with Gasteiger partial charge in [-0.3, -0.25) is 14.4 Å². The molecule has 1 aromatic heterocycles. The first-order valence-electron chi connectivity index (χ1n) is 13.9. The van der Waals surface area contributed by atoms with Crippen LogP contribution in [0.15, 0.2) is 54.7 Å². The Kier molecular flexibility index (Phi) is 10.2. The number of amides is 1. The summed E-state index contributed by atoms with van der Waals surface area (Å²) in [5, 5.41) is 4.43. The van der Waals surface area contributed by atoms with Crippen molar-refractivity contribution in [2.24, 2.45) is 7.05 Å². The molecule has 3 aromatic rings. The van der Waals surface area contributed by atoms with E-state index in [4.69, 9.17) is 9.47 Å². The fraction of sp³-hybridized carbons (Fsp3) is 0.484. The molecule has 0 saturated heterocycles. The molecule has 0 saturated carbocycles. The van der Waals surface area contributed by atoms with Gasteiger partial charge in [-0.05, 0) is 56.7 Å². The Morgan fingerprint density at radius 2 is 1.87 bits per heavy atom. The molecule has 0 bridgehead atoms. The number of aromatic nitrogens is 2. The summed E-state index contributed by atoms with van der Waals surface area (Å²) < 4.78 is 14.1. The lowest BCUT2D eigenvalue weighted by Crippen LogP contribution is -2.39. The molecule has 7 heteroatoms. The highest BCUT2D eigenvalue weighted by Gasteiger charge is 2.20. The van der Waals surface area contributed by atoms with Crippen LogP contribution in [0.25, 0.3) is 0 Å². The summed E-state index contributed by atoms with van der Waals surface area (Å²) >= 11 is 0. The number of aryl methyl sites for hydroxylation is 3. The molecule has 4 rings (SSSR count). The second kappa shape index (κ2) is 14.0. The predicted molar refractivity (Wildman–Crippen MR) is 150 cm³/mol. The van der Waals surface area contributed by atoms with Gasteiger partial charge < -0.3 is 14.4 Å². The number of rotatable bonds is 7. The van der Waals surface area contributed by atoms with Gasteiger partial charge in [-0.2, -0.15) is 5.10 Å². The van der Waals surface area contributed by atoms with Crippen molar-refractivity contribution < 1.29 is 14.3 Å². The molecule has 204 valence electrons. The maximum Gasteiger partial charge on any atom is 0.222 e. The molecule has 0 aliphatic carbocycles. The molecule has 0 spiro atoms. The van der Waals surface area contributed by atoms with E-state index >= 15 is 0 Å². The molecule has 2 heterocycles. The Labute approximate surface area is 227 Å². The average molecular weight is 519 g/mol. The number of carbonyl (C=O) groups excluding carboxylic acids is 1. The second-order valence-electron chi connectivity index (χ2n) is 10.1. The maximum absolute atomic E-state index is 13.4. The van der Waals surface area contributed by atoms with Gasteiger partial charge in [0, 0.05) is 58.0 Å². The van der Waals surface area contributed by atoms with Gasteiger partial charge >= 0.3 is 0 Å². The van der Waals surface area contributed by atoms with Gasteiger partial charge in [0.1, 0.15) is 0 Å². The first-order chi connectivity index (χ1) is 18.5. The van der Waals surface area contributed by atoms with Crippen LogP contribution in [0.4, 0.5) is 0 Å². The summed E-state index contributed by atoms with van der Waals surface area (Å²) in [4.78, 5) is 17.9. The summed E-state index contributed by atoms with van der Waals surface area (Å²) in [6, 6.07) is 16.7. The third-order valence-corrected chi connectivity index (χ3v) is 7.08. The van der Waals surface area contributed by atoms with Gasteiger partial charge in [0.15, 0.2) is 11.5 Å². The zero-order chi connectivity index (χ0) is 26.7. The van der Waals surface area contributed by atoms with Crippen LogP contribution < -0.4 is 9.47 Å². The molecule has 0 radical (unpaired) electrons. The zero-order valence-corrected chi connectivity index (χ0v) is 23.2. The number of carbonyl (C=O) groups is 1. The number of para-hydroxylation sites is 1. The van der Waals surface area contributed by atoms with E-state index < -0.39 is 0 Å². The number of hydrogen-bond acceptors (Lipinski definition) is 5. The first kappa shape index (κ1) is 27.7.